The summed E-state index contributed by atoms with van der Waals surface area (Å²) in [4.78, 5) is 29.9. The van der Waals surface area contributed by atoms with E-state index >= 15 is 0 Å². The van der Waals surface area contributed by atoms with Gasteiger partial charge in [-0.3, -0.25) is 9.69 Å². The van der Waals surface area contributed by atoms with Crippen LogP contribution in [0.3, 0.4) is 0 Å². The molecular weight excluding hydrogens is 323 g/mol. The molecule has 25 heavy (non-hydrogen) atoms. The van der Waals surface area contributed by atoms with Gasteiger partial charge in [-0.15, -0.1) is 0 Å². The predicted octanol–water partition coefficient (Wildman–Crippen LogP) is 1.40. The van der Waals surface area contributed by atoms with Gasteiger partial charge in [0.25, 0.3) is 0 Å². The van der Waals surface area contributed by atoms with Gasteiger partial charge in [0.05, 0.1) is 0 Å². The van der Waals surface area contributed by atoms with Crippen LogP contribution in [-0.2, 0) is 11.3 Å². The lowest BCUT2D eigenvalue weighted by molar-refractivity contribution is -0.135. The van der Waals surface area contributed by atoms with Crippen LogP contribution < -0.4 is 5.73 Å². The summed E-state index contributed by atoms with van der Waals surface area (Å²) in [6.07, 6.45) is 2.40. The average molecular weight is 348 g/mol. The minimum atomic E-state index is -0.511. The number of hydrogen-bond donors (Lipinski definition) is 1. The monoisotopic (exact) mass is 348 g/mol. The number of halogens is 1. The number of benzene rings is 1. The van der Waals surface area contributed by atoms with E-state index in [4.69, 9.17) is 5.73 Å². The van der Waals surface area contributed by atoms with Gasteiger partial charge in [-0.25, -0.2) is 9.18 Å². The zero-order valence-corrected chi connectivity index (χ0v) is 14.4. The van der Waals surface area contributed by atoms with Gasteiger partial charge in [0.2, 0.25) is 5.91 Å². The highest BCUT2D eigenvalue weighted by Gasteiger charge is 2.36. The number of hydrogen-bond acceptors (Lipinski definition) is 3. The highest BCUT2D eigenvalue weighted by molar-refractivity contribution is 5.87. The molecule has 1 unspecified atom stereocenters. The number of amides is 3. The van der Waals surface area contributed by atoms with E-state index in [1.165, 1.54) is 17.0 Å². The molecule has 2 N–H and O–H groups in total. The first-order valence-electron chi connectivity index (χ1n) is 8.86. The number of nitrogens with zero attached hydrogens (tertiary/aromatic N) is 3. The molecule has 0 spiro atoms. The zero-order chi connectivity index (χ0) is 17.8. The van der Waals surface area contributed by atoms with Crippen LogP contribution >= 0.6 is 0 Å². The largest absolute Gasteiger partial charge is 0.351 e. The number of carbonyl (C=O) groups excluding carboxylic acids is 2. The fourth-order valence-corrected chi connectivity index (χ4v) is 3.70. The minimum absolute atomic E-state index is 0.0138. The van der Waals surface area contributed by atoms with Crippen molar-refractivity contribution in [2.24, 2.45) is 5.73 Å². The molecule has 2 fully saturated rings. The lowest BCUT2D eigenvalue weighted by Gasteiger charge is -2.28. The fraction of sp³-hybridized carbons (Fsp3) is 0.556. The van der Waals surface area contributed by atoms with Gasteiger partial charge in [0.15, 0.2) is 0 Å². The number of primary amides is 1. The molecule has 2 saturated heterocycles. The molecule has 0 aromatic heterocycles. The Morgan fingerprint density at radius 1 is 1.04 bits per heavy atom. The van der Waals surface area contributed by atoms with E-state index in [9.17, 15) is 14.0 Å². The Hall–Kier alpha value is -2.15. The Balaban J connectivity index is 1.56. The smallest absolute Gasteiger partial charge is 0.315 e. The van der Waals surface area contributed by atoms with Crippen LogP contribution in [0.5, 0.6) is 0 Å². The molecule has 0 radical (unpaired) electrons. The Morgan fingerprint density at radius 3 is 2.52 bits per heavy atom. The molecule has 2 heterocycles. The first kappa shape index (κ1) is 17.7. The summed E-state index contributed by atoms with van der Waals surface area (Å²) in [6.45, 7) is 4.32. The first-order valence-corrected chi connectivity index (χ1v) is 8.86. The van der Waals surface area contributed by atoms with Crippen LogP contribution in [0.2, 0.25) is 0 Å². The summed E-state index contributed by atoms with van der Waals surface area (Å²) in [5, 5.41) is 0. The Labute approximate surface area is 147 Å². The average Bonchev–Trinajstić information content (AvgIpc) is 2.98. The quantitative estimate of drug-likeness (QED) is 0.898. The molecule has 3 amide bonds. The van der Waals surface area contributed by atoms with E-state index in [2.05, 4.69) is 4.90 Å². The molecule has 2 aliphatic rings. The molecule has 136 valence electrons. The SMILES string of the molecule is NC(=O)N1CCCC1C(=O)N1CCCN(Cc2ccc(F)cc2)CC1. The molecule has 0 bridgehead atoms. The molecule has 2 aliphatic heterocycles. The van der Waals surface area contributed by atoms with E-state index in [1.54, 1.807) is 12.1 Å². The second-order valence-corrected chi connectivity index (χ2v) is 6.77. The van der Waals surface area contributed by atoms with Crippen LogP contribution in [0.4, 0.5) is 9.18 Å². The minimum Gasteiger partial charge on any atom is -0.351 e. The lowest BCUT2D eigenvalue weighted by Crippen LogP contribution is -2.50. The van der Waals surface area contributed by atoms with E-state index in [1.807, 2.05) is 4.90 Å². The molecule has 1 atom stereocenters. The third kappa shape index (κ3) is 4.28. The number of likely N-dealkylation sites (tertiary alicyclic amines) is 1. The molecule has 7 heteroatoms. The van der Waals surface area contributed by atoms with Gasteiger partial charge in [-0.1, -0.05) is 12.1 Å². The number of nitrogens with two attached hydrogens (primary N) is 1. The van der Waals surface area contributed by atoms with E-state index in [0.29, 0.717) is 26.1 Å². The maximum Gasteiger partial charge on any atom is 0.315 e. The number of urea groups is 1. The van der Waals surface area contributed by atoms with E-state index in [-0.39, 0.29) is 11.7 Å². The van der Waals surface area contributed by atoms with Crippen molar-refractivity contribution in [2.75, 3.05) is 32.7 Å². The third-order valence-electron chi connectivity index (χ3n) is 5.04. The fourth-order valence-electron chi connectivity index (χ4n) is 3.70. The lowest BCUT2D eigenvalue weighted by atomic mass is 10.2. The van der Waals surface area contributed by atoms with Gasteiger partial charge < -0.3 is 15.5 Å². The zero-order valence-electron chi connectivity index (χ0n) is 14.4. The molecule has 0 aliphatic carbocycles. The summed E-state index contributed by atoms with van der Waals surface area (Å²) in [5.41, 5.74) is 6.45. The highest BCUT2D eigenvalue weighted by atomic mass is 19.1. The molecule has 0 saturated carbocycles. The van der Waals surface area contributed by atoms with Gasteiger partial charge in [0, 0.05) is 39.3 Å². The highest BCUT2D eigenvalue weighted by Crippen LogP contribution is 2.20. The molecular formula is C18H25FN4O2. The predicted molar refractivity (Wildman–Crippen MR) is 92.2 cm³/mol. The van der Waals surface area contributed by atoms with Crippen molar-refractivity contribution in [3.05, 3.63) is 35.6 Å². The van der Waals surface area contributed by atoms with Gasteiger partial charge in [-0.2, -0.15) is 0 Å². The Kier molecular flexibility index (Phi) is 5.53. The van der Waals surface area contributed by atoms with E-state index in [0.717, 1.165) is 38.0 Å². The maximum absolute atomic E-state index is 13.0. The Bertz CT molecular complexity index is 622. The molecule has 3 rings (SSSR count). The normalized spacial score (nSPS) is 22.0. The van der Waals surface area contributed by atoms with Crippen molar-refractivity contribution < 1.29 is 14.0 Å². The van der Waals surface area contributed by atoms with Crippen LogP contribution in [-0.4, -0.2) is 65.4 Å². The first-order chi connectivity index (χ1) is 12.0. The van der Waals surface area contributed by atoms with Crippen molar-refractivity contribution in [3.63, 3.8) is 0 Å². The topological polar surface area (TPSA) is 69.9 Å². The molecule has 6 nitrogen and oxygen atoms in total. The summed E-state index contributed by atoms with van der Waals surface area (Å²) >= 11 is 0. The van der Waals surface area contributed by atoms with Crippen molar-refractivity contribution >= 4 is 11.9 Å². The summed E-state index contributed by atoms with van der Waals surface area (Å²) < 4.78 is 13.0. The van der Waals surface area contributed by atoms with Gasteiger partial charge in [0.1, 0.15) is 11.9 Å². The van der Waals surface area contributed by atoms with Gasteiger partial charge >= 0.3 is 6.03 Å². The van der Waals surface area contributed by atoms with Crippen LogP contribution in [0.25, 0.3) is 0 Å². The third-order valence-corrected chi connectivity index (χ3v) is 5.04. The maximum atomic E-state index is 13.0. The molecule has 1 aromatic rings. The van der Waals surface area contributed by atoms with Crippen molar-refractivity contribution in [2.45, 2.75) is 31.8 Å². The van der Waals surface area contributed by atoms with Crippen molar-refractivity contribution in [1.29, 1.82) is 0 Å². The van der Waals surface area contributed by atoms with Crippen LogP contribution in [0.1, 0.15) is 24.8 Å². The number of carbonyl (C=O) groups is 2. The van der Waals surface area contributed by atoms with Crippen LogP contribution in [0.15, 0.2) is 24.3 Å². The summed E-state index contributed by atoms with van der Waals surface area (Å²) in [5.74, 6) is -0.216. The summed E-state index contributed by atoms with van der Waals surface area (Å²) in [6, 6.07) is 5.63. The number of rotatable bonds is 3. The van der Waals surface area contributed by atoms with E-state index < -0.39 is 12.1 Å². The Morgan fingerprint density at radius 2 is 1.80 bits per heavy atom. The summed E-state index contributed by atoms with van der Waals surface area (Å²) in [7, 11) is 0. The second kappa shape index (κ2) is 7.82. The van der Waals surface area contributed by atoms with Crippen molar-refractivity contribution in [3.8, 4) is 0 Å². The standard InChI is InChI=1S/C18H25FN4O2/c19-15-6-4-14(5-7-15)13-21-8-2-9-22(12-11-21)17(24)16-3-1-10-23(16)18(20)25/h4-7,16H,1-3,8-13H2,(H2,20,25). The molecule has 1 aromatic carbocycles. The van der Waals surface area contributed by atoms with Crippen LogP contribution in [0, 0.1) is 5.82 Å². The second-order valence-electron chi connectivity index (χ2n) is 6.77. The van der Waals surface area contributed by atoms with Gasteiger partial charge in [-0.05, 0) is 37.0 Å². The van der Waals surface area contributed by atoms with Crippen molar-refractivity contribution in [1.82, 2.24) is 14.7 Å².